The number of rotatable bonds is 6. The summed E-state index contributed by atoms with van der Waals surface area (Å²) in [7, 11) is 0. The van der Waals surface area contributed by atoms with E-state index in [-0.39, 0.29) is 30.4 Å². The highest BCUT2D eigenvalue weighted by Crippen LogP contribution is 2.53. The van der Waals surface area contributed by atoms with Crippen LogP contribution in [0, 0.1) is 18.3 Å². The van der Waals surface area contributed by atoms with Gasteiger partial charge in [-0.15, -0.1) is 0 Å². The van der Waals surface area contributed by atoms with E-state index in [0.717, 1.165) is 43.4 Å². The molecule has 168 valence electrons. The van der Waals surface area contributed by atoms with Gasteiger partial charge in [0.15, 0.2) is 0 Å². The standard InChI is InChI=1S/C23H31N3O2.CH2O2/c1-15(2)10-11-23(22(28)25-14-19-16(3)5-4-12-24-19)13-18-8-9-20(23)26(18)21(27)17-6-7-17;2-1-3/h4-5,10,12,17-18,20H,6-9,11,13-14H2,1-3H3,(H,25,28);1H,(H,2,3)/t18-,20+,23+;/m0./s1. The Hall–Kier alpha value is -2.70. The van der Waals surface area contributed by atoms with Crippen molar-refractivity contribution in [1.29, 1.82) is 0 Å². The van der Waals surface area contributed by atoms with Crippen molar-refractivity contribution in [2.45, 2.75) is 77.9 Å². The summed E-state index contributed by atoms with van der Waals surface area (Å²) < 4.78 is 0. The van der Waals surface area contributed by atoms with Crippen LogP contribution < -0.4 is 5.32 Å². The first-order valence-electron chi connectivity index (χ1n) is 11.1. The number of aromatic nitrogens is 1. The fourth-order valence-electron chi connectivity index (χ4n) is 5.04. The largest absolute Gasteiger partial charge is 0.483 e. The summed E-state index contributed by atoms with van der Waals surface area (Å²) in [5.41, 5.74) is 2.70. The van der Waals surface area contributed by atoms with Gasteiger partial charge in [-0.1, -0.05) is 17.7 Å². The lowest BCUT2D eigenvalue weighted by Crippen LogP contribution is -2.50. The molecule has 0 unspecified atom stereocenters. The Morgan fingerprint density at radius 2 is 2.00 bits per heavy atom. The second kappa shape index (κ2) is 9.62. The minimum atomic E-state index is -0.507. The van der Waals surface area contributed by atoms with E-state index in [2.05, 4.69) is 35.1 Å². The second-order valence-electron chi connectivity index (χ2n) is 9.17. The van der Waals surface area contributed by atoms with Crippen LogP contribution in [0.1, 0.15) is 63.6 Å². The highest BCUT2D eigenvalue weighted by Gasteiger charge is 2.61. The Balaban J connectivity index is 0.000000858. The molecular formula is C24H33N3O4. The van der Waals surface area contributed by atoms with Crippen molar-refractivity contribution in [1.82, 2.24) is 15.2 Å². The molecule has 2 saturated heterocycles. The SMILES string of the molecule is CC(C)=CC[C@@]1(C(=O)NCc2ncccc2C)C[C@@H]2CC[C@H]1N2C(=O)C1CC1.O=CO. The molecule has 2 N–H and O–H groups in total. The number of nitrogens with zero attached hydrogens (tertiary/aromatic N) is 2. The van der Waals surface area contributed by atoms with Gasteiger partial charge in [0.25, 0.3) is 6.47 Å². The molecule has 7 nitrogen and oxygen atoms in total. The quantitative estimate of drug-likeness (QED) is 0.536. The van der Waals surface area contributed by atoms with E-state index in [1.165, 1.54) is 5.57 Å². The molecule has 3 atom stereocenters. The lowest BCUT2D eigenvalue weighted by Gasteiger charge is -2.35. The highest BCUT2D eigenvalue weighted by molar-refractivity contribution is 5.88. The van der Waals surface area contributed by atoms with Crippen LogP contribution >= 0.6 is 0 Å². The Bertz CT molecular complexity index is 860. The molecule has 3 heterocycles. The molecule has 1 aromatic rings. The van der Waals surface area contributed by atoms with Crippen LogP contribution in [-0.2, 0) is 20.9 Å². The third kappa shape index (κ3) is 4.81. The van der Waals surface area contributed by atoms with E-state index in [0.29, 0.717) is 18.9 Å². The van der Waals surface area contributed by atoms with Crippen LogP contribution in [0.25, 0.3) is 0 Å². The fraction of sp³-hybridized carbons (Fsp3) is 0.583. The van der Waals surface area contributed by atoms with Gasteiger partial charge in [0.05, 0.1) is 17.7 Å². The minimum absolute atomic E-state index is 0.0334. The monoisotopic (exact) mass is 427 g/mol. The molecule has 3 aliphatic rings. The van der Waals surface area contributed by atoms with Crippen LogP contribution in [0.2, 0.25) is 0 Å². The van der Waals surface area contributed by atoms with Gasteiger partial charge < -0.3 is 15.3 Å². The summed E-state index contributed by atoms with van der Waals surface area (Å²) in [4.78, 5) is 41.3. The van der Waals surface area contributed by atoms with Gasteiger partial charge in [0.1, 0.15) is 0 Å². The van der Waals surface area contributed by atoms with Crippen molar-refractivity contribution in [2.75, 3.05) is 0 Å². The van der Waals surface area contributed by atoms with Gasteiger partial charge in [0.2, 0.25) is 11.8 Å². The number of fused-ring (bicyclic) bond motifs is 2. The molecule has 0 radical (unpaired) electrons. The van der Waals surface area contributed by atoms with E-state index >= 15 is 0 Å². The maximum Gasteiger partial charge on any atom is 0.290 e. The first-order chi connectivity index (χ1) is 14.8. The van der Waals surface area contributed by atoms with Crippen molar-refractivity contribution in [3.8, 4) is 0 Å². The van der Waals surface area contributed by atoms with Crippen LogP contribution in [0.15, 0.2) is 30.0 Å². The zero-order valence-corrected chi connectivity index (χ0v) is 18.6. The van der Waals surface area contributed by atoms with Gasteiger partial charge in [-0.25, -0.2) is 0 Å². The topological polar surface area (TPSA) is 99.6 Å². The molecule has 3 fully saturated rings. The van der Waals surface area contributed by atoms with Gasteiger partial charge >= 0.3 is 0 Å². The second-order valence-corrected chi connectivity index (χ2v) is 9.17. The van der Waals surface area contributed by atoms with Crippen molar-refractivity contribution in [3.05, 3.63) is 41.2 Å². The minimum Gasteiger partial charge on any atom is -0.483 e. The summed E-state index contributed by atoms with van der Waals surface area (Å²) in [5.74, 6) is 0.581. The highest BCUT2D eigenvalue weighted by atomic mass is 16.3. The number of carbonyl (C=O) groups excluding carboxylic acids is 2. The summed E-state index contributed by atoms with van der Waals surface area (Å²) in [6.45, 7) is 6.35. The average Bonchev–Trinajstić information content (AvgIpc) is 3.45. The number of allylic oxidation sites excluding steroid dienone is 2. The van der Waals surface area contributed by atoms with Gasteiger partial charge in [-0.05, 0) is 70.9 Å². The van der Waals surface area contributed by atoms with Gasteiger partial charge in [-0.3, -0.25) is 19.4 Å². The number of carbonyl (C=O) groups is 3. The van der Waals surface area contributed by atoms with Crippen LogP contribution in [0.3, 0.4) is 0 Å². The number of amides is 2. The molecule has 7 heteroatoms. The number of hydrogen-bond acceptors (Lipinski definition) is 4. The summed E-state index contributed by atoms with van der Waals surface area (Å²) in [6, 6.07) is 4.19. The molecular weight excluding hydrogens is 394 g/mol. The predicted octanol–water partition coefficient (Wildman–Crippen LogP) is 3.22. The Labute approximate surface area is 183 Å². The zero-order chi connectivity index (χ0) is 22.6. The number of pyridine rings is 1. The van der Waals surface area contributed by atoms with E-state index in [1.807, 2.05) is 19.1 Å². The van der Waals surface area contributed by atoms with E-state index < -0.39 is 5.41 Å². The zero-order valence-electron chi connectivity index (χ0n) is 18.6. The van der Waals surface area contributed by atoms with Gasteiger partial charge in [0, 0.05) is 24.2 Å². The first-order valence-corrected chi connectivity index (χ1v) is 11.1. The number of hydrogen-bond donors (Lipinski definition) is 2. The smallest absolute Gasteiger partial charge is 0.290 e. The molecule has 1 aromatic heterocycles. The lowest BCUT2D eigenvalue weighted by molar-refractivity contribution is -0.137. The number of nitrogens with one attached hydrogen (secondary N) is 1. The van der Waals surface area contributed by atoms with Crippen molar-refractivity contribution in [2.24, 2.45) is 11.3 Å². The number of aryl methyl sites for hydroxylation is 1. The number of carboxylic acid groups (broad SMARTS) is 1. The van der Waals surface area contributed by atoms with E-state index in [1.54, 1.807) is 6.20 Å². The Kier molecular flexibility index (Phi) is 7.13. The molecule has 0 spiro atoms. The normalized spacial score (nSPS) is 26.0. The Morgan fingerprint density at radius 1 is 1.29 bits per heavy atom. The molecule has 0 aromatic carbocycles. The molecule has 2 aliphatic heterocycles. The first kappa shape index (κ1) is 23.0. The predicted molar refractivity (Wildman–Crippen MR) is 117 cm³/mol. The third-order valence-corrected chi connectivity index (χ3v) is 6.78. The summed E-state index contributed by atoms with van der Waals surface area (Å²) in [5, 5.41) is 10.1. The molecule has 31 heavy (non-hydrogen) atoms. The molecule has 4 rings (SSSR count). The average molecular weight is 428 g/mol. The van der Waals surface area contributed by atoms with Crippen molar-refractivity contribution >= 4 is 18.3 Å². The van der Waals surface area contributed by atoms with Crippen molar-refractivity contribution in [3.63, 3.8) is 0 Å². The summed E-state index contributed by atoms with van der Waals surface area (Å²) >= 11 is 0. The third-order valence-electron chi connectivity index (χ3n) is 6.78. The summed E-state index contributed by atoms with van der Waals surface area (Å²) in [6.07, 6.45) is 9.43. The lowest BCUT2D eigenvalue weighted by atomic mass is 9.70. The molecule has 1 aliphatic carbocycles. The Morgan fingerprint density at radius 3 is 2.61 bits per heavy atom. The van der Waals surface area contributed by atoms with E-state index in [9.17, 15) is 9.59 Å². The maximum atomic E-state index is 13.5. The van der Waals surface area contributed by atoms with Gasteiger partial charge in [-0.2, -0.15) is 0 Å². The van der Waals surface area contributed by atoms with Crippen LogP contribution in [-0.4, -0.2) is 45.4 Å². The van der Waals surface area contributed by atoms with E-state index in [4.69, 9.17) is 9.90 Å². The van der Waals surface area contributed by atoms with Crippen LogP contribution in [0.5, 0.6) is 0 Å². The maximum absolute atomic E-state index is 13.5. The van der Waals surface area contributed by atoms with Crippen molar-refractivity contribution < 1.29 is 19.5 Å². The molecule has 1 saturated carbocycles. The van der Waals surface area contributed by atoms with Crippen LogP contribution in [0.4, 0.5) is 0 Å². The molecule has 2 bridgehead atoms. The fourth-order valence-corrected chi connectivity index (χ4v) is 5.04. The molecule has 2 amide bonds.